The lowest BCUT2D eigenvalue weighted by Gasteiger charge is -2.19. The molecule has 0 aliphatic heterocycles. The molecule has 1 aromatic rings. The molecule has 106 valence electrons. The molecule has 0 aliphatic rings. The van der Waals surface area contributed by atoms with Gasteiger partial charge in [-0.25, -0.2) is 0 Å². The van der Waals surface area contributed by atoms with Crippen LogP contribution < -0.4 is 15.8 Å². The van der Waals surface area contributed by atoms with Crippen LogP contribution in [0.25, 0.3) is 0 Å². The Kier molecular flexibility index (Phi) is 5.63. The highest BCUT2D eigenvalue weighted by atomic mass is 16.5. The monoisotopic (exact) mass is 266 g/mol. The lowest BCUT2D eigenvalue weighted by atomic mass is 10.0. The molecule has 0 aromatic heterocycles. The summed E-state index contributed by atoms with van der Waals surface area (Å²) in [6.45, 7) is 4.50. The van der Waals surface area contributed by atoms with Gasteiger partial charge in [0.2, 0.25) is 0 Å². The van der Waals surface area contributed by atoms with Crippen molar-refractivity contribution in [3.05, 3.63) is 23.8 Å². The molecule has 1 unspecified atom stereocenters. The van der Waals surface area contributed by atoms with Crippen molar-refractivity contribution in [2.24, 2.45) is 11.7 Å². The lowest BCUT2D eigenvalue weighted by molar-refractivity contribution is 0.0930. The molecule has 0 aliphatic carbocycles. The fraction of sp³-hybridized carbons (Fsp3) is 0.500. The van der Waals surface area contributed by atoms with Crippen LogP contribution in [0.5, 0.6) is 11.5 Å². The first-order chi connectivity index (χ1) is 8.99. The first-order valence-electron chi connectivity index (χ1n) is 6.36. The Balaban J connectivity index is 2.83. The van der Waals surface area contributed by atoms with Crippen molar-refractivity contribution in [3.63, 3.8) is 0 Å². The van der Waals surface area contributed by atoms with Crippen molar-refractivity contribution in [2.45, 2.75) is 26.3 Å². The Labute approximate surface area is 113 Å². The number of nitrogens with two attached hydrogens (primary N) is 1. The van der Waals surface area contributed by atoms with E-state index >= 15 is 0 Å². The van der Waals surface area contributed by atoms with Gasteiger partial charge < -0.3 is 20.9 Å². The maximum Gasteiger partial charge on any atom is 0.255 e. The van der Waals surface area contributed by atoms with Gasteiger partial charge in [0.1, 0.15) is 0 Å². The first kappa shape index (κ1) is 15.3. The molecule has 1 atom stereocenters. The van der Waals surface area contributed by atoms with Crippen LogP contribution in [0, 0.1) is 5.92 Å². The molecule has 1 rings (SSSR count). The zero-order chi connectivity index (χ0) is 14.4. The fourth-order valence-corrected chi connectivity index (χ4v) is 1.92. The summed E-state index contributed by atoms with van der Waals surface area (Å²) in [5, 5.41) is 12.7. The van der Waals surface area contributed by atoms with Gasteiger partial charge in [-0.2, -0.15) is 0 Å². The normalized spacial score (nSPS) is 12.3. The molecule has 0 heterocycles. The predicted octanol–water partition coefficient (Wildman–Crippen LogP) is 1.50. The maximum atomic E-state index is 12.1. The number of hydrogen-bond acceptors (Lipinski definition) is 4. The molecule has 0 saturated heterocycles. The average molecular weight is 266 g/mol. The van der Waals surface area contributed by atoms with Crippen LogP contribution in [0.4, 0.5) is 0 Å². The van der Waals surface area contributed by atoms with Crippen molar-refractivity contribution in [3.8, 4) is 11.5 Å². The molecule has 0 saturated carbocycles. The van der Waals surface area contributed by atoms with Crippen LogP contribution in [-0.4, -0.2) is 30.7 Å². The molecule has 0 fully saturated rings. The summed E-state index contributed by atoms with van der Waals surface area (Å²) >= 11 is 0. The Bertz CT molecular complexity index is 433. The minimum absolute atomic E-state index is 0.0990. The molecular weight excluding hydrogens is 244 g/mol. The second-order valence-electron chi connectivity index (χ2n) is 4.89. The fourth-order valence-electron chi connectivity index (χ4n) is 1.92. The van der Waals surface area contributed by atoms with Gasteiger partial charge in [-0.3, -0.25) is 4.79 Å². The zero-order valence-electron chi connectivity index (χ0n) is 11.6. The topological polar surface area (TPSA) is 84.6 Å². The Morgan fingerprint density at radius 2 is 2.16 bits per heavy atom. The summed E-state index contributed by atoms with van der Waals surface area (Å²) in [6, 6.07) is 4.71. The van der Waals surface area contributed by atoms with E-state index in [1.165, 1.54) is 7.11 Å². The van der Waals surface area contributed by atoms with Crippen LogP contribution in [0.15, 0.2) is 18.2 Å². The molecule has 4 N–H and O–H groups in total. The van der Waals surface area contributed by atoms with E-state index in [1.54, 1.807) is 18.2 Å². The molecule has 19 heavy (non-hydrogen) atoms. The number of phenols is 1. The Morgan fingerprint density at radius 3 is 2.68 bits per heavy atom. The first-order valence-corrected chi connectivity index (χ1v) is 6.36. The molecule has 5 heteroatoms. The molecule has 5 nitrogen and oxygen atoms in total. The molecule has 0 spiro atoms. The third-order valence-corrected chi connectivity index (χ3v) is 2.84. The second-order valence-corrected chi connectivity index (χ2v) is 4.89. The summed E-state index contributed by atoms with van der Waals surface area (Å²) in [5.74, 6) is 0.226. The number of ether oxygens (including phenoxy) is 1. The molecule has 1 amide bonds. The highest BCUT2D eigenvalue weighted by Crippen LogP contribution is 2.29. The van der Waals surface area contributed by atoms with Gasteiger partial charge in [-0.1, -0.05) is 19.9 Å². The highest BCUT2D eigenvalue weighted by Gasteiger charge is 2.18. The number of amides is 1. The van der Waals surface area contributed by atoms with Gasteiger partial charge in [0.05, 0.1) is 12.7 Å². The molecular formula is C14H22N2O3. The van der Waals surface area contributed by atoms with Crippen LogP contribution in [0.3, 0.4) is 0 Å². The van der Waals surface area contributed by atoms with E-state index in [4.69, 9.17) is 10.5 Å². The van der Waals surface area contributed by atoms with Crippen molar-refractivity contribution < 1.29 is 14.6 Å². The summed E-state index contributed by atoms with van der Waals surface area (Å²) in [4.78, 5) is 12.1. The van der Waals surface area contributed by atoms with Gasteiger partial charge in [-0.15, -0.1) is 0 Å². The van der Waals surface area contributed by atoms with Crippen LogP contribution in [-0.2, 0) is 0 Å². The lowest BCUT2D eigenvalue weighted by Crippen LogP contribution is -2.41. The number of hydrogen-bond donors (Lipinski definition) is 3. The van der Waals surface area contributed by atoms with Gasteiger partial charge in [0.25, 0.3) is 5.91 Å². The van der Waals surface area contributed by atoms with Gasteiger partial charge in [-0.05, 0) is 24.5 Å². The van der Waals surface area contributed by atoms with E-state index in [-0.39, 0.29) is 29.0 Å². The van der Waals surface area contributed by atoms with Gasteiger partial charge >= 0.3 is 0 Å². The van der Waals surface area contributed by atoms with Gasteiger partial charge in [0, 0.05) is 12.6 Å². The minimum Gasteiger partial charge on any atom is -0.504 e. The zero-order valence-corrected chi connectivity index (χ0v) is 11.6. The largest absolute Gasteiger partial charge is 0.504 e. The summed E-state index contributed by atoms with van der Waals surface area (Å²) in [5.41, 5.74) is 5.84. The number of rotatable bonds is 6. The number of nitrogens with one attached hydrogen (secondary N) is 1. The third-order valence-electron chi connectivity index (χ3n) is 2.84. The number of aromatic hydroxyl groups is 1. The van der Waals surface area contributed by atoms with Gasteiger partial charge in [0.15, 0.2) is 11.5 Å². The van der Waals surface area contributed by atoms with Crippen molar-refractivity contribution >= 4 is 5.91 Å². The van der Waals surface area contributed by atoms with Crippen molar-refractivity contribution in [1.82, 2.24) is 5.32 Å². The number of methoxy groups -OCH3 is 1. The van der Waals surface area contributed by atoms with E-state index in [1.807, 2.05) is 0 Å². The van der Waals surface area contributed by atoms with Crippen molar-refractivity contribution in [1.29, 1.82) is 0 Å². The van der Waals surface area contributed by atoms with Crippen LogP contribution in [0.2, 0.25) is 0 Å². The van der Waals surface area contributed by atoms with E-state index in [9.17, 15) is 9.90 Å². The summed E-state index contributed by atoms with van der Waals surface area (Å²) in [7, 11) is 1.44. The van der Waals surface area contributed by atoms with E-state index in [0.717, 1.165) is 6.42 Å². The minimum atomic E-state index is -0.340. The predicted molar refractivity (Wildman–Crippen MR) is 74.4 cm³/mol. The molecule has 0 radical (unpaired) electrons. The number of benzene rings is 1. The van der Waals surface area contributed by atoms with E-state index in [2.05, 4.69) is 19.2 Å². The SMILES string of the molecule is COc1cccc(C(=O)NC(CN)CC(C)C)c1O. The van der Waals surface area contributed by atoms with E-state index in [0.29, 0.717) is 12.5 Å². The Morgan fingerprint density at radius 1 is 1.47 bits per heavy atom. The quantitative estimate of drug-likeness (QED) is 0.728. The summed E-state index contributed by atoms with van der Waals surface area (Å²) in [6.07, 6.45) is 0.799. The molecule has 0 bridgehead atoms. The standard InChI is InChI=1S/C14H22N2O3/c1-9(2)7-10(8-15)16-14(18)11-5-4-6-12(19-3)13(11)17/h4-6,9-10,17H,7-8,15H2,1-3H3,(H,16,18). The summed E-state index contributed by atoms with van der Waals surface area (Å²) < 4.78 is 4.98. The van der Waals surface area contributed by atoms with Crippen LogP contribution in [0.1, 0.15) is 30.6 Å². The van der Waals surface area contributed by atoms with Crippen LogP contribution >= 0.6 is 0 Å². The number of phenolic OH excluding ortho intramolecular Hbond substituents is 1. The smallest absolute Gasteiger partial charge is 0.255 e. The Hall–Kier alpha value is -1.75. The van der Waals surface area contributed by atoms with E-state index < -0.39 is 0 Å². The number of carbonyl (C=O) groups is 1. The average Bonchev–Trinajstić information content (AvgIpc) is 2.37. The highest BCUT2D eigenvalue weighted by molar-refractivity contribution is 5.97. The second kappa shape index (κ2) is 6.99. The third kappa shape index (κ3) is 4.13. The maximum absolute atomic E-state index is 12.1. The molecule has 1 aromatic carbocycles. The van der Waals surface area contributed by atoms with Crippen molar-refractivity contribution in [2.75, 3.05) is 13.7 Å². The number of carbonyl (C=O) groups excluding carboxylic acids is 1. The number of para-hydroxylation sites is 1.